The van der Waals surface area contributed by atoms with Gasteiger partial charge in [-0.1, -0.05) is 33.2 Å². The molecule has 37 heavy (non-hydrogen) atoms. The number of quaternary nitrogens is 1. The Morgan fingerprint density at radius 2 is 1.65 bits per heavy atom. The number of nitrogens with zero attached hydrogens (tertiary/aromatic N) is 4. The number of alkyl halides is 2. The van der Waals surface area contributed by atoms with Gasteiger partial charge in [0, 0.05) is 6.61 Å². The summed E-state index contributed by atoms with van der Waals surface area (Å²) in [7, 11) is 1.58. The Morgan fingerprint density at radius 1 is 0.973 bits per heavy atom. The van der Waals surface area contributed by atoms with Crippen LogP contribution in [0.25, 0.3) is 0 Å². The van der Waals surface area contributed by atoms with Crippen LogP contribution in [0.1, 0.15) is 24.6 Å². The predicted molar refractivity (Wildman–Crippen MR) is 138 cm³/mol. The van der Waals surface area contributed by atoms with Gasteiger partial charge in [0.15, 0.2) is 0 Å². The molecule has 0 spiro atoms. The van der Waals surface area contributed by atoms with E-state index in [1.807, 2.05) is 43.3 Å². The Hall–Kier alpha value is -3.03. The fraction of sp³-hybridized carbons (Fsp3) is 0.333. The molecule has 198 valence electrons. The molecule has 0 amide bonds. The number of anilines is 2. The molecule has 2 heterocycles. The Kier molecular flexibility index (Phi) is 9.47. The first-order valence-electron chi connectivity index (χ1n) is 11.5. The summed E-state index contributed by atoms with van der Waals surface area (Å²) in [5.41, 5.74) is 2.75. The van der Waals surface area contributed by atoms with Gasteiger partial charge in [0.2, 0.25) is 0 Å². The smallest absolute Gasteiger partial charge is 0.282 e. The van der Waals surface area contributed by atoms with Crippen LogP contribution in [0.3, 0.4) is 0 Å². The van der Waals surface area contributed by atoms with Crippen molar-refractivity contribution >= 4 is 39.6 Å². The van der Waals surface area contributed by atoms with Crippen molar-refractivity contribution in [2.24, 2.45) is 5.10 Å². The monoisotopic (exact) mass is 554 g/mol. The normalized spacial score (nSPS) is 13.4. The molecule has 0 saturated heterocycles. The number of hydrogen-bond acceptors (Lipinski definition) is 9. The molecule has 2 aromatic carbocycles. The highest BCUT2D eigenvalue weighted by atomic mass is 35.5. The molecule has 1 aliphatic heterocycles. The van der Waals surface area contributed by atoms with E-state index in [-0.39, 0.29) is 9.47 Å². The SMILES string of the molecule is CCOCCOCCOc1ccc(C2=NN(c3ccc(OC)cc3)N(c3nc(C(F)F)c(Cl)s3)[NH2+]2)cc1. The van der Waals surface area contributed by atoms with Crippen LogP contribution in [0.5, 0.6) is 11.5 Å². The lowest BCUT2D eigenvalue weighted by molar-refractivity contribution is -0.545. The molecule has 0 unspecified atom stereocenters. The molecular formula is C24H27ClF2N5O4S+. The van der Waals surface area contributed by atoms with Crippen molar-refractivity contribution in [1.82, 2.24) is 4.98 Å². The van der Waals surface area contributed by atoms with Crippen molar-refractivity contribution in [2.45, 2.75) is 13.3 Å². The first-order chi connectivity index (χ1) is 18.0. The van der Waals surface area contributed by atoms with Crippen molar-refractivity contribution in [3.63, 3.8) is 0 Å². The third kappa shape index (κ3) is 6.84. The highest BCUT2D eigenvalue weighted by Crippen LogP contribution is 2.36. The van der Waals surface area contributed by atoms with Crippen LogP contribution in [0.4, 0.5) is 19.6 Å². The van der Waals surface area contributed by atoms with E-state index in [4.69, 9.17) is 35.6 Å². The van der Waals surface area contributed by atoms with Crippen LogP contribution >= 0.6 is 22.9 Å². The van der Waals surface area contributed by atoms with E-state index in [1.54, 1.807) is 34.9 Å². The molecule has 0 bridgehead atoms. The van der Waals surface area contributed by atoms with Crippen LogP contribution < -0.4 is 25.1 Å². The van der Waals surface area contributed by atoms with Crippen molar-refractivity contribution < 1.29 is 33.2 Å². The lowest BCUT2D eigenvalue weighted by atomic mass is 10.2. The number of thiazole rings is 1. The minimum absolute atomic E-state index is 0.0649. The fourth-order valence-corrected chi connectivity index (χ4v) is 4.45. The van der Waals surface area contributed by atoms with E-state index in [0.717, 1.165) is 16.9 Å². The first-order valence-corrected chi connectivity index (χ1v) is 12.7. The highest BCUT2D eigenvalue weighted by Gasteiger charge is 2.35. The molecule has 0 fully saturated rings. The molecule has 3 aromatic rings. The summed E-state index contributed by atoms with van der Waals surface area (Å²) in [6.07, 6.45) is -2.78. The van der Waals surface area contributed by atoms with E-state index in [1.165, 1.54) is 0 Å². The second-order valence-corrected chi connectivity index (χ2v) is 9.16. The van der Waals surface area contributed by atoms with Gasteiger partial charge in [-0.3, -0.25) is 0 Å². The second kappa shape index (κ2) is 13.0. The second-order valence-electron chi connectivity index (χ2n) is 7.58. The largest absolute Gasteiger partial charge is 0.497 e. The summed E-state index contributed by atoms with van der Waals surface area (Å²) in [4.78, 5) is 4.06. The molecule has 4 rings (SSSR count). The molecule has 1 aromatic heterocycles. The van der Waals surface area contributed by atoms with Gasteiger partial charge >= 0.3 is 0 Å². The number of amidine groups is 1. The van der Waals surface area contributed by atoms with Crippen LogP contribution in [-0.4, -0.2) is 51.0 Å². The fourth-order valence-electron chi connectivity index (χ4n) is 3.35. The topological polar surface area (TPSA) is 85.3 Å². The summed E-state index contributed by atoms with van der Waals surface area (Å²) >= 11 is 6.99. The number of aromatic nitrogens is 1. The average Bonchev–Trinajstić information content (AvgIpc) is 3.53. The zero-order chi connectivity index (χ0) is 26.2. The number of hydrazine groups is 1. The maximum absolute atomic E-state index is 13.3. The minimum Gasteiger partial charge on any atom is -0.497 e. The third-order valence-electron chi connectivity index (χ3n) is 5.18. The lowest BCUT2D eigenvalue weighted by Crippen LogP contribution is -2.96. The average molecular weight is 555 g/mol. The number of nitrogens with two attached hydrogens (primary N) is 1. The number of ether oxygens (including phenoxy) is 4. The Labute approximate surface area is 222 Å². The number of hydrogen-bond donors (Lipinski definition) is 1. The molecule has 0 atom stereocenters. The van der Waals surface area contributed by atoms with Gasteiger partial charge in [0.25, 0.3) is 17.4 Å². The van der Waals surface area contributed by atoms with Crippen LogP contribution in [0.15, 0.2) is 53.6 Å². The number of benzene rings is 2. The summed E-state index contributed by atoms with van der Waals surface area (Å²) < 4.78 is 48.3. The molecule has 0 radical (unpaired) electrons. The Balaban J connectivity index is 1.48. The van der Waals surface area contributed by atoms with Crippen LogP contribution in [0, 0.1) is 0 Å². The zero-order valence-corrected chi connectivity index (χ0v) is 21.8. The van der Waals surface area contributed by atoms with Gasteiger partial charge in [-0.05, 0) is 55.5 Å². The standard InChI is InChI=1S/C24H26ClF2N5O4S/c1-3-34-12-13-35-14-15-36-19-8-4-16(5-9-19)23-29-31(17-6-10-18(33-2)11-7-17)32(30-23)24-28-20(22(26)27)21(25)37-24/h4-11,22H,3,12-15H2,1-2H3,(H,29,30)/p+1. The first kappa shape index (κ1) is 27.0. The predicted octanol–water partition coefficient (Wildman–Crippen LogP) is 4.26. The molecule has 0 saturated carbocycles. The quantitative estimate of drug-likeness (QED) is 0.250. The summed E-state index contributed by atoms with van der Waals surface area (Å²) in [5.74, 6) is 1.97. The zero-order valence-electron chi connectivity index (χ0n) is 20.3. The van der Waals surface area contributed by atoms with Gasteiger partial charge in [-0.2, -0.15) is 5.43 Å². The highest BCUT2D eigenvalue weighted by molar-refractivity contribution is 7.19. The Morgan fingerprint density at radius 3 is 2.30 bits per heavy atom. The van der Waals surface area contributed by atoms with Crippen LogP contribution in [-0.2, 0) is 9.47 Å². The molecular weight excluding hydrogens is 528 g/mol. The minimum atomic E-state index is -2.78. The van der Waals surface area contributed by atoms with Crippen molar-refractivity contribution in [1.29, 1.82) is 0 Å². The van der Waals surface area contributed by atoms with Gasteiger partial charge < -0.3 is 18.9 Å². The van der Waals surface area contributed by atoms with Crippen molar-refractivity contribution in [2.75, 3.05) is 50.4 Å². The van der Waals surface area contributed by atoms with E-state index < -0.39 is 12.1 Å². The summed E-state index contributed by atoms with van der Waals surface area (Å²) in [5, 5.41) is 8.13. The molecule has 13 heteroatoms. The van der Waals surface area contributed by atoms with Gasteiger partial charge in [-0.25, -0.2) is 13.8 Å². The van der Waals surface area contributed by atoms with E-state index in [2.05, 4.69) is 4.98 Å². The summed E-state index contributed by atoms with van der Waals surface area (Å²) in [6, 6.07) is 14.6. The van der Waals surface area contributed by atoms with E-state index in [9.17, 15) is 8.78 Å². The number of methoxy groups -OCH3 is 1. The molecule has 1 aliphatic rings. The lowest BCUT2D eigenvalue weighted by Gasteiger charge is -2.21. The van der Waals surface area contributed by atoms with Crippen molar-refractivity contribution in [3.05, 3.63) is 64.1 Å². The number of hydrazone groups is 1. The molecule has 2 N–H and O–H groups in total. The van der Waals surface area contributed by atoms with Gasteiger partial charge in [0.05, 0.1) is 38.2 Å². The van der Waals surface area contributed by atoms with Crippen LogP contribution in [0.2, 0.25) is 4.34 Å². The maximum Gasteiger partial charge on any atom is 0.282 e. The molecule has 0 aliphatic carbocycles. The third-order valence-corrected chi connectivity index (χ3v) is 6.45. The maximum atomic E-state index is 13.3. The van der Waals surface area contributed by atoms with Gasteiger partial charge in [0.1, 0.15) is 28.1 Å². The Bertz CT molecular complexity index is 1180. The molecule has 9 nitrogen and oxygen atoms in total. The van der Waals surface area contributed by atoms with Crippen molar-refractivity contribution in [3.8, 4) is 11.5 Å². The van der Waals surface area contributed by atoms with E-state index in [0.29, 0.717) is 56.1 Å². The van der Waals surface area contributed by atoms with E-state index >= 15 is 0 Å². The van der Waals surface area contributed by atoms with Gasteiger partial charge in [-0.15, -0.1) is 5.12 Å². The number of halogens is 3. The summed E-state index contributed by atoms with van der Waals surface area (Å²) in [6.45, 7) is 4.56. The number of rotatable bonds is 13.